The molecule has 3 heteroatoms. The van der Waals surface area contributed by atoms with Crippen molar-refractivity contribution in [1.82, 2.24) is 0 Å². The SMILES string of the molecule is Nc1cc(Cc2ccc(F)cc2)ccc1N1CCCC1. The summed E-state index contributed by atoms with van der Waals surface area (Å²) >= 11 is 0. The van der Waals surface area contributed by atoms with Crippen molar-refractivity contribution in [2.24, 2.45) is 0 Å². The fourth-order valence-electron chi connectivity index (χ4n) is 2.80. The first kappa shape index (κ1) is 13.0. The van der Waals surface area contributed by atoms with Crippen molar-refractivity contribution in [1.29, 1.82) is 0 Å². The molecule has 0 aromatic heterocycles. The standard InChI is InChI=1S/C17H19FN2/c18-15-6-3-13(4-7-15)11-14-5-8-17(16(19)12-14)20-9-1-2-10-20/h3-8,12H,1-2,9-11,19H2. The highest BCUT2D eigenvalue weighted by molar-refractivity contribution is 5.69. The third-order valence-electron chi connectivity index (χ3n) is 3.86. The zero-order valence-electron chi connectivity index (χ0n) is 11.5. The molecule has 1 aliphatic heterocycles. The Balaban J connectivity index is 1.77. The first-order valence-electron chi connectivity index (χ1n) is 7.10. The lowest BCUT2D eigenvalue weighted by Crippen LogP contribution is -2.19. The van der Waals surface area contributed by atoms with E-state index in [-0.39, 0.29) is 5.82 Å². The smallest absolute Gasteiger partial charge is 0.123 e. The van der Waals surface area contributed by atoms with Gasteiger partial charge in [0.2, 0.25) is 0 Å². The van der Waals surface area contributed by atoms with E-state index >= 15 is 0 Å². The molecule has 1 aliphatic rings. The summed E-state index contributed by atoms with van der Waals surface area (Å²) in [5, 5.41) is 0. The predicted octanol–water partition coefficient (Wildman–Crippen LogP) is 3.60. The summed E-state index contributed by atoms with van der Waals surface area (Å²) in [4.78, 5) is 2.34. The number of nitrogens with two attached hydrogens (primary N) is 1. The van der Waals surface area contributed by atoms with Crippen molar-refractivity contribution in [2.45, 2.75) is 19.3 Å². The third kappa shape index (κ3) is 2.77. The molecule has 0 atom stereocenters. The molecule has 1 fully saturated rings. The minimum Gasteiger partial charge on any atom is -0.397 e. The van der Waals surface area contributed by atoms with E-state index < -0.39 is 0 Å². The van der Waals surface area contributed by atoms with Crippen LogP contribution in [0.3, 0.4) is 0 Å². The fourth-order valence-corrected chi connectivity index (χ4v) is 2.80. The molecule has 2 N–H and O–H groups in total. The second kappa shape index (κ2) is 5.53. The summed E-state index contributed by atoms with van der Waals surface area (Å²) < 4.78 is 12.9. The van der Waals surface area contributed by atoms with Crippen LogP contribution in [-0.2, 0) is 6.42 Å². The van der Waals surface area contributed by atoms with Crippen molar-refractivity contribution in [2.75, 3.05) is 23.7 Å². The van der Waals surface area contributed by atoms with Crippen molar-refractivity contribution < 1.29 is 4.39 Å². The van der Waals surface area contributed by atoms with Gasteiger partial charge in [0.25, 0.3) is 0 Å². The first-order valence-corrected chi connectivity index (χ1v) is 7.10. The Labute approximate surface area is 119 Å². The van der Waals surface area contributed by atoms with Gasteiger partial charge in [-0.2, -0.15) is 0 Å². The van der Waals surface area contributed by atoms with Gasteiger partial charge in [-0.3, -0.25) is 0 Å². The Hall–Kier alpha value is -2.03. The lowest BCUT2D eigenvalue weighted by molar-refractivity contribution is 0.627. The van der Waals surface area contributed by atoms with E-state index in [0.29, 0.717) is 0 Å². The molecule has 0 spiro atoms. The maximum atomic E-state index is 12.9. The second-order valence-electron chi connectivity index (χ2n) is 5.39. The van der Waals surface area contributed by atoms with Gasteiger partial charge in [-0.05, 0) is 54.7 Å². The summed E-state index contributed by atoms with van der Waals surface area (Å²) in [7, 11) is 0. The monoisotopic (exact) mass is 270 g/mol. The Bertz CT molecular complexity index is 586. The highest BCUT2D eigenvalue weighted by Gasteiger charge is 2.14. The van der Waals surface area contributed by atoms with Gasteiger partial charge in [0.1, 0.15) is 5.82 Å². The van der Waals surface area contributed by atoms with Crippen LogP contribution in [0.15, 0.2) is 42.5 Å². The number of rotatable bonds is 3. The van der Waals surface area contributed by atoms with Gasteiger partial charge in [-0.25, -0.2) is 4.39 Å². The maximum Gasteiger partial charge on any atom is 0.123 e. The van der Waals surface area contributed by atoms with Gasteiger partial charge in [0, 0.05) is 13.1 Å². The van der Waals surface area contributed by atoms with Gasteiger partial charge in [0.05, 0.1) is 11.4 Å². The lowest BCUT2D eigenvalue weighted by Gasteiger charge is -2.20. The molecular weight excluding hydrogens is 251 g/mol. The van der Waals surface area contributed by atoms with Crippen LogP contribution >= 0.6 is 0 Å². The molecule has 2 aromatic rings. The molecule has 0 saturated carbocycles. The van der Waals surface area contributed by atoms with Crippen LogP contribution < -0.4 is 10.6 Å². The molecule has 2 nitrogen and oxygen atoms in total. The van der Waals surface area contributed by atoms with Crippen LogP contribution in [0.2, 0.25) is 0 Å². The van der Waals surface area contributed by atoms with Gasteiger partial charge in [-0.15, -0.1) is 0 Å². The minimum absolute atomic E-state index is 0.197. The van der Waals surface area contributed by atoms with Gasteiger partial charge in [0.15, 0.2) is 0 Å². The zero-order chi connectivity index (χ0) is 13.9. The Morgan fingerprint density at radius 1 is 0.950 bits per heavy atom. The third-order valence-corrected chi connectivity index (χ3v) is 3.86. The van der Waals surface area contributed by atoms with Crippen LogP contribution in [0.1, 0.15) is 24.0 Å². The van der Waals surface area contributed by atoms with E-state index in [1.54, 1.807) is 0 Å². The van der Waals surface area contributed by atoms with E-state index in [1.165, 1.54) is 25.0 Å². The summed E-state index contributed by atoms with van der Waals surface area (Å²) in [5.41, 5.74) is 10.4. The van der Waals surface area contributed by atoms with E-state index in [2.05, 4.69) is 17.0 Å². The largest absolute Gasteiger partial charge is 0.397 e. The highest BCUT2D eigenvalue weighted by Crippen LogP contribution is 2.28. The maximum absolute atomic E-state index is 12.9. The zero-order valence-corrected chi connectivity index (χ0v) is 11.5. The van der Waals surface area contributed by atoms with Crippen LogP contribution in [0.4, 0.5) is 15.8 Å². The van der Waals surface area contributed by atoms with Crippen LogP contribution in [0.5, 0.6) is 0 Å². The number of benzene rings is 2. The van der Waals surface area contributed by atoms with E-state index in [1.807, 2.05) is 18.2 Å². The molecule has 0 radical (unpaired) electrons. The number of hydrogen-bond acceptors (Lipinski definition) is 2. The van der Waals surface area contributed by atoms with E-state index in [0.717, 1.165) is 42.0 Å². The first-order chi connectivity index (χ1) is 9.72. The van der Waals surface area contributed by atoms with Crippen molar-refractivity contribution in [3.05, 3.63) is 59.4 Å². The summed E-state index contributed by atoms with van der Waals surface area (Å²) in [6.45, 7) is 2.20. The molecular formula is C17H19FN2. The van der Waals surface area contributed by atoms with E-state index in [4.69, 9.17) is 5.73 Å². The number of nitrogens with zero attached hydrogens (tertiary/aromatic N) is 1. The molecule has 0 unspecified atom stereocenters. The van der Waals surface area contributed by atoms with Crippen LogP contribution in [0.25, 0.3) is 0 Å². The minimum atomic E-state index is -0.197. The van der Waals surface area contributed by atoms with Crippen LogP contribution in [-0.4, -0.2) is 13.1 Å². The van der Waals surface area contributed by atoms with Crippen molar-refractivity contribution in [3.8, 4) is 0 Å². The molecule has 0 aliphatic carbocycles. The normalized spacial score (nSPS) is 14.8. The Morgan fingerprint density at radius 3 is 2.25 bits per heavy atom. The molecule has 104 valence electrons. The van der Waals surface area contributed by atoms with Crippen molar-refractivity contribution >= 4 is 11.4 Å². The molecule has 20 heavy (non-hydrogen) atoms. The summed E-state index contributed by atoms with van der Waals surface area (Å²) in [6.07, 6.45) is 3.28. The Morgan fingerprint density at radius 2 is 1.60 bits per heavy atom. The fraction of sp³-hybridized carbons (Fsp3) is 0.294. The topological polar surface area (TPSA) is 29.3 Å². The highest BCUT2D eigenvalue weighted by atomic mass is 19.1. The lowest BCUT2D eigenvalue weighted by atomic mass is 10.0. The number of hydrogen-bond donors (Lipinski definition) is 1. The van der Waals surface area contributed by atoms with Crippen molar-refractivity contribution in [3.63, 3.8) is 0 Å². The Kier molecular flexibility index (Phi) is 3.59. The molecule has 0 amide bonds. The molecule has 0 bridgehead atoms. The summed E-state index contributed by atoms with van der Waals surface area (Å²) in [5.74, 6) is -0.197. The molecule has 1 saturated heterocycles. The summed E-state index contributed by atoms with van der Waals surface area (Å²) in [6, 6.07) is 12.9. The molecule has 3 rings (SSSR count). The second-order valence-corrected chi connectivity index (χ2v) is 5.39. The van der Waals surface area contributed by atoms with Gasteiger partial charge < -0.3 is 10.6 Å². The quantitative estimate of drug-likeness (QED) is 0.863. The molecule has 1 heterocycles. The number of halogens is 1. The van der Waals surface area contributed by atoms with Crippen LogP contribution in [0, 0.1) is 5.82 Å². The number of nitrogen functional groups attached to an aromatic ring is 1. The number of anilines is 2. The van der Waals surface area contributed by atoms with Gasteiger partial charge in [-0.1, -0.05) is 18.2 Å². The molecule has 2 aromatic carbocycles. The predicted molar refractivity (Wildman–Crippen MR) is 81.5 cm³/mol. The average molecular weight is 270 g/mol. The van der Waals surface area contributed by atoms with E-state index in [9.17, 15) is 4.39 Å². The average Bonchev–Trinajstić information content (AvgIpc) is 2.95. The van der Waals surface area contributed by atoms with Gasteiger partial charge >= 0.3 is 0 Å².